The molecule has 2 aliphatic rings. The maximum Gasteiger partial charge on any atom is 0.191 e. The molecule has 21 heavy (non-hydrogen) atoms. The van der Waals surface area contributed by atoms with Gasteiger partial charge in [-0.15, -0.1) is 24.0 Å². The number of nitrogens with one attached hydrogen (secondary N) is 2. The molecule has 0 aromatic rings. The first-order chi connectivity index (χ1) is 9.69. The summed E-state index contributed by atoms with van der Waals surface area (Å²) in [6.45, 7) is 7.14. The largest absolute Gasteiger partial charge is 0.385 e. The lowest BCUT2D eigenvalue weighted by Gasteiger charge is -2.27. The van der Waals surface area contributed by atoms with E-state index in [0.717, 1.165) is 38.0 Å². The van der Waals surface area contributed by atoms with Crippen LogP contribution in [0.1, 0.15) is 52.4 Å². The third-order valence-corrected chi connectivity index (χ3v) is 4.85. The molecule has 0 spiro atoms. The van der Waals surface area contributed by atoms with E-state index in [-0.39, 0.29) is 24.0 Å². The minimum Gasteiger partial charge on any atom is -0.385 e. The second kappa shape index (κ2) is 9.18. The zero-order chi connectivity index (χ0) is 14.4. The highest BCUT2D eigenvalue weighted by Gasteiger charge is 2.35. The first-order valence-corrected chi connectivity index (χ1v) is 8.23. The minimum atomic E-state index is 0. The molecule has 2 aliphatic carbocycles. The standard InChI is InChI=1S/C16H31N3O.HI/c1-4-17-15(19-14-11-13(14)2)18-12-16(9-10-20-3)7-5-6-8-16;/h13-14H,4-12H2,1-3H3,(H2,17,18,19);1H. The van der Waals surface area contributed by atoms with Crippen LogP contribution in [0.25, 0.3) is 0 Å². The van der Waals surface area contributed by atoms with Crippen molar-refractivity contribution in [3.63, 3.8) is 0 Å². The van der Waals surface area contributed by atoms with E-state index in [1.807, 2.05) is 0 Å². The maximum absolute atomic E-state index is 5.29. The molecule has 0 aliphatic heterocycles. The van der Waals surface area contributed by atoms with Crippen molar-refractivity contribution in [1.82, 2.24) is 10.6 Å². The summed E-state index contributed by atoms with van der Waals surface area (Å²) in [4.78, 5) is 4.87. The second-order valence-electron chi connectivity index (χ2n) is 6.61. The van der Waals surface area contributed by atoms with E-state index < -0.39 is 0 Å². The van der Waals surface area contributed by atoms with E-state index >= 15 is 0 Å². The first kappa shape index (κ1) is 19.0. The average Bonchev–Trinajstić information content (AvgIpc) is 2.94. The van der Waals surface area contributed by atoms with Crippen LogP contribution in [0.15, 0.2) is 4.99 Å². The second-order valence-corrected chi connectivity index (χ2v) is 6.61. The number of hydrogen-bond acceptors (Lipinski definition) is 2. The van der Waals surface area contributed by atoms with Gasteiger partial charge in [0.25, 0.3) is 0 Å². The van der Waals surface area contributed by atoms with Crippen LogP contribution in [0, 0.1) is 11.3 Å². The van der Waals surface area contributed by atoms with Gasteiger partial charge < -0.3 is 15.4 Å². The van der Waals surface area contributed by atoms with Crippen LogP contribution in [0.5, 0.6) is 0 Å². The molecule has 2 unspecified atom stereocenters. The fourth-order valence-corrected chi connectivity index (χ4v) is 3.20. The number of guanidine groups is 1. The van der Waals surface area contributed by atoms with Crippen molar-refractivity contribution in [3.8, 4) is 0 Å². The van der Waals surface area contributed by atoms with E-state index in [1.165, 1.54) is 32.1 Å². The van der Waals surface area contributed by atoms with Crippen LogP contribution in [0.2, 0.25) is 0 Å². The van der Waals surface area contributed by atoms with Gasteiger partial charge in [-0.05, 0) is 43.9 Å². The van der Waals surface area contributed by atoms with Crippen LogP contribution < -0.4 is 10.6 Å². The molecule has 5 heteroatoms. The number of nitrogens with zero attached hydrogens (tertiary/aromatic N) is 1. The molecule has 0 heterocycles. The zero-order valence-corrected chi connectivity index (χ0v) is 16.1. The molecule has 0 bridgehead atoms. The highest BCUT2D eigenvalue weighted by molar-refractivity contribution is 14.0. The quantitative estimate of drug-likeness (QED) is 0.386. The average molecular weight is 409 g/mol. The van der Waals surface area contributed by atoms with E-state index in [1.54, 1.807) is 7.11 Å². The monoisotopic (exact) mass is 409 g/mol. The van der Waals surface area contributed by atoms with Crippen molar-refractivity contribution in [2.24, 2.45) is 16.3 Å². The SMILES string of the molecule is CCNC(=NCC1(CCOC)CCCC1)NC1CC1C.I. The van der Waals surface area contributed by atoms with Crippen molar-refractivity contribution in [3.05, 3.63) is 0 Å². The van der Waals surface area contributed by atoms with Crippen LogP contribution in [0.4, 0.5) is 0 Å². The van der Waals surface area contributed by atoms with Gasteiger partial charge in [0.05, 0.1) is 0 Å². The Morgan fingerprint density at radius 3 is 2.52 bits per heavy atom. The summed E-state index contributed by atoms with van der Waals surface area (Å²) in [5.41, 5.74) is 0.382. The number of ether oxygens (including phenoxy) is 1. The molecule has 2 atom stereocenters. The van der Waals surface area contributed by atoms with Crippen LogP contribution in [-0.2, 0) is 4.74 Å². The lowest BCUT2D eigenvalue weighted by Crippen LogP contribution is -2.40. The molecule has 0 radical (unpaired) electrons. The maximum atomic E-state index is 5.29. The van der Waals surface area contributed by atoms with E-state index in [0.29, 0.717) is 11.5 Å². The first-order valence-electron chi connectivity index (χ1n) is 8.23. The van der Waals surface area contributed by atoms with Gasteiger partial charge >= 0.3 is 0 Å². The lowest BCUT2D eigenvalue weighted by atomic mass is 9.83. The van der Waals surface area contributed by atoms with Gasteiger partial charge in [0.15, 0.2) is 5.96 Å². The Hall–Kier alpha value is -0.0400. The molecule has 2 rings (SSSR count). The van der Waals surface area contributed by atoms with Crippen molar-refractivity contribution < 1.29 is 4.74 Å². The summed E-state index contributed by atoms with van der Waals surface area (Å²) >= 11 is 0. The topological polar surface area (TPSA) is 45.7 Å². The van der Waals surface area contributed by atoms with Crippen molar-refractivity contribution in [2.75, 3.05) is 26.8 Å². The Kier molecular flexibility index (Phi) is 8.31. The summed E-state index contributed by atoms with van der Waals surface area (Å²) in [6.07, 6.45) is 7.73. The van der Waals surface area contributed by atoms with Gasteiger partial charge in [-0.2, -0.15) is 0 Å². The fourth-order valence-electron chi connectivity index (χ4n) is 3.20. The lowest BCUT2D eigenvalue weighted by molar-refractivity contribution is 0.141. The molecule has 0 aromatic heterocycles. The number of halogens is 1. The van der Waals surface area contributed by atoms with Gasteiger partial charge in [0.2, 0.25) is 0 Å². The summed E-state index contributed by atoms with van der Waals surface area (Å²) in [6, 6.07) is 0.631. The molecule has 0 amide bonds. The predicted molar refractivity (Wildman–Crippen MR) is 99.5 cm³/mol. The third-order valence-electron chi connectivity index (χ3n) is 4.85. The Morgan fingerprint density at radius 1 is 1.33 bits per heavy atom. The fraction of sp³-hybridized carbons (Fsp3) is 0.938. The molecule has 0 aromatic carbocycles. The van der Waals surface area contributed by atoms with Crippen LogP contribution in [-0.4, -0.2) is 38.8 Å². The molecule has 0 saturated heterocycles. The van der Waals surface area contributed by atoms with E-state index in [9.17, 15) is 0 Å². The third kappa shape index (κ3) is 5.93. The molecule has 2 N–H and O–H groups in total. The van der Waals surface area contributed by atoms with Gasteiger partial charge in [-0.25, -0.2) is 0 Å². The molecular formula is C16H32IN3O. The van der Waals surface area contributed by atoms with Gasteiger partial charge in [0, 0.05) is 32.8 Å². The highest BCUT2D eigenvalue weighted by atomic mass is 127. The smallest absolute Gasteiger partial charge is 0.191 e. The van der Waals surface area contributed by atoms with Crippen LogP contribution in [0.3, 0.4) is 0 Å². The molecule has 124 valence electrons. The molecule has 4 nitrogen and oxygen atoms in total. The van der Waals surface area contributed by atoms with Crippen molar-refractivity contribution in [1.29, 1.82) is 0 Å². The summed E-state index contributed by atoms with van der Waals surface area (Å²) < 4.78 is 5.29. The number of methoxy groups -OCH3 is 1. The Bertz CT molecular complexity index is 329. The molecule has 2 saturated carbocycles. The number of aliphatic imine (C=N–C) groups is 1. The predicted octanol–water partition coefficient (Wildman–Crippen LogP) is 3.16. The van der Waals surface area contributed by atoms with E-state index in [2.05, 4.69) is 24.5 Å². The highest BCUT2D eigenvalue weighted by Crippen LogP contribution is 2.41. The van der Waals surface area contributed by atoms with Gasteiger partial charge in [-0.3, -0.25) is 4.99 Å². The minimum absolute atomic E-state index is 0. The molecule has 2 fully saturated rings. The van der Waals surface area contributed by atoms with E-state index in [4.69, 9.17) is 9.73 Å². The normalized spacial score (nSPS) is 27.1. The Morgan fingerprint density at radius 2 is 2.00 bits per heavy atom. The summed E-state index contributed by atoms with van der Waals surface area (Å²) in [5, 5.41) is 6.93. The van der Waals surface area contributed by atoms with Crippen molar-refractivity contribution in [2.45, 2.75) is 58.4 Å². The summed E-state index contributed by atoms with van der Waals surface area (Å²) in [5.74, 6) is 1.80. The van der Waals surface area contributed by atoms with Crippen molar-refractivity contribution >= 4 is 29.9 Å². The Balaban J connectivity index is 0.00000220. The number of hydrogen-bond donors (Lipinski definition) is 2. The summed E-state index contributed by atoms with van der Waals surface area (Å²) in [7, 11) is 1.80. The zero-order valence-electron chi connectivity index (χ0n) is 13.8. The van der Waals surface area contributed by atoms with Gasteiger partial charge in [-0.1, -0.05) is 19.8 Å². The van der Waals surface area contributed by atoms with Crippen LogP contribution >= 0.6 is 24.0 Å². The number of rotatable bonds is 7. The van der Waals surface area contributed by atoms with Gasteiger partial charge in [0.1, 0.15) is 0 Å². The molecular weight excluding hydrogens is 377 g/mol. The Labute approximate surface area is 146 Å².